The van der Waals surface area contributed by atoms with Crippen LogP contribution in [0, 0.1) is 24.0 Å². The third-order valence-electron chi connectivity index (χ3n) is 3.67. The topological polar surface area (TPSA) is 77.3 Å². The fourth-order valence-electron chi connectivity index (χ4n) is 2.45. The summed E-state index contributed by atoms with van der Waals surface area (Å²) >= 11 is 0. The number of aromatic nitrogens is 1. The highest BCUT2D eigenvalue weighted by Gasteiger charge is 2.24. The molecule has 0 spiro atoms. The monoisotopic (exact) mass is 265 g/mol. The van der Waals surface area contributed by atoms with Crippen LogP contribution < -0.4 is 5.32 Å². The number of hydrogen-bond acceptors (Lipinski definition) is 5. The van der Waals surface area contributed by atoms with Gasteiger partial charge in [-0.3, -0.25) is 15.1 Å². The molecule has 1 aliphatic rings. The Morgan fingerprint density at radius 1 is 1.58 bits per heavy atom. The Labute approximate surface area is 112 Å². The smallest absolute Gasteiger partial charge is 0.278 e. The molecule has 1 aromatic heterocycles. The molecule has 2 rings (SSSR count). The molecule has 6 heteroatoms. The molecule has 1 aromatic rings. The summed E-state index contributed by atoms with van der Waals surface area (Å²) in [6.07, 6.45) is 2.71. The second kappa shape index (κ2) is 5.63. The number of aryl methyl sites for hydroxylation is 1. The number of nitrogens with zero attached hydrogens (tertiary/aromatic N) is 2. The fourth-order valence-corrected chi connectivity index (χ4v) is 2.45. The van der Waals surface area contributed by atoms with Crippen molar-refractivity contribution in [2.24, 2.45) is 0 Å². The Hall–Kier alpha value is -1.53. The first kappa shape index (κ1) is 13.9. The highest BCUT2D eigenvalue weighted by Crippen LogP contribution is 2.24. The molecule has 2 unspecified atom stereocenters. The lowest BCUT2D eigenvalue weighted by Crippen LogP contribution is -2.34. The molecule has 0 amide bonds. The molecule has 0 radical (unpaired) electrons. The van der Waals surface area contributed by atoms with Gasteiger partial charge in [0, 0.05) is 36.5 Å². The van der Waals surface area contributed by atoms with Gasteiger partial charge in [0.05, 0.1) is 16.7 Å². The Morgan fingerprint density at radius 2 is 2.32 bits per heavy atom. The largest absolute Gasteiger partial charge is 0.377 e. The van der Waals surface area contributed by atoms with Crippen molar-refractivity contribution in [1.29, 1.82) is 0 Å². The number of hydrogen-bond donors (Lipinski definition) is 1. The molecule has 2 atom stereocenters. The molecule has 19 heavy (non-hydrogen) atoms. The van der Waals surface area contributed by atoms with Crippen molar-refractivity contribution < 1.29 is 9.66 Å². The van der Waals surface area contributed by atoms with Crippen LogP contribution in [0.2, 0.25) is 0 Å². The lowest BCUT2D eigenvalue weighted by molar-refractivity contribution is -0.386. The van der Waals surface area contributed by atoms with E-state index in [9.17, 15) is 10.1 Å². The van der Waals surface area contributed by atoms with Crippen LogP contribution >= 0.6 is 0 Å². The SMILES string of the molecule is Cc1cnc(CNC2CCOC2C)c(C)c1[N+](=O)[O-]. The molecule has 0 bridgehead atoms. The van der Waals surface area contributed by atoms with E-state index in [1.54, 1.807) is 20.0 Å². The van der Waals surface area contributed by atoms with Crippen LogP contribution in [0.1, 0.15) is 30.2 Å². The van der Waals surface area contributed by atoms with E-state index >= 15 is 0 Å². The van der Waals surface area contributed by atoms with Gasteiger partial charge in [0.15, 0.2) is 0 Å². The van der Waals surface area contributed by atoms with E-state index in [0.29, 0.717) is 23.7 Å². The molecule has 1 N–H and O–H groups in total. The molecule has 1 aliphatic heterocycles. The van der Waals surface area contributed by atoms with Crippen molar-refractivity contribution in [3.05, 3.63) is 33.1 Å². The summed E-state index contributed by atoms with van der Waals surface area (Å²) < 4.78 is 5.47. The van der Waals surface area contributed by atoms with E-state index in [2.05, 4.69) is 10.3 Å². The van der Waals surface area contributed by atoms with Crippen LogP contribution in [0.15, 0.2) is 6.20 Å². The Balaban J connectivity index is 2.12. The highest BCUT2D eigenvalue weighted by atomic mass is 16.6. The number of pyridine rings is 1. The van der Waals surface area contributed by atoms with E-state index < -0.39 is 0 Å². The lowest BCUT2D eigenvalue weighted by atomic mass is 10.1. The van der Waals surface area contributed by atoms with Gasteiger partial charge in [0.25, 0.3) is 5.69 Å². The second-order valence-corrected chi connectivity index (χ2v) is 4.97. The van der Waals surface area contributed by atoms with Crippen molar-refractivity contribution in [3.8, 4) is 0 Å². The number of rotatable bonds is 4. The molecule has 104 valence electrons. The van der Waals surface area contributed by atoms with Gasteiger partial charge in [-0.1, -0.05) is 0 Å². The summed E-state index contributed by atoms with van der Waals surface area (Å²) in [5.74, 6) is 0. The van der Waals surface area contributed by atoms with E-state index in [0.717, 1.165) is 18.7 Å². The maximum absolute atomic E-state index is 11.0. The Morgan fingerprint density at radius 3 is 2.89 bits per heavy atom. The van der Waals surface area contributed by atoms with Crippen LogP contribution in [-0.4, -0.2) is 28.7 Å². The minimum Gasteiger partial charge on any atom is -0.377 e. The zero-order valence-electron chi connectivity index (χ0n) is 11.5. The summed E-state index contributed by atoms with van der Waals surface area (Å²) in [7, 11) is 0. The van der Waals surface area contributed by atoms with Gasteiger partial charge >= 0.3 is 0 Å². The van der Waals surface area contributed by atoms with Crippen LogP contribution in [0.4, 0.5) is 5.69 Å². The molecule has 1 saturated heterocycles. The Kier molecular flexibility index (Phi) is 4.11. The predicted molar refractivity (Wildman–Crippen MR) is 71.0 cm³/mol. The zero-order valence-corrected chi connectivity index (χ0v) is 11.5. The maximum Gasteiger partial charge on any atom is 0.278 e. The predicted octanol–water partition coefficient (Wildman–Crippen LogP) is 1.87. The maximum atomic E-state index is 11.0. The third kappa shape index (κ3) is 2.90. The second-order valence-electron chi connectivity index (χ2n) is 4.97. The molecular formula is C13H19N3O3. The normalized spacial score (nSPS) is 22.7. The quantitative estimate of drug-likeness (QED) is 0.664. The summed E-state index contributed by atoms with van der Waals surface area (Å²) in [6.45, 7) is 6.79. The molecular weight excluding hydrogens is 246 g/mol. The van der Waals surface area contributed by atoms with Crippen LogP contribution in [0.3, 0.4) is 0 Å². The first-order valence-electron chi connectivity index (χ1n) is 6.45. The van der Waals surface area contributed by atoms with Crippen molar-refractivity contribution in [2.45, 2.75) is 45.9 Å². The zero-order chi connectivity index (χ0) is 14.0. The van der Waals surface area contributed by atoms with Gasteiger partial charge in [-0.15, -0.1) is 0 Å². The highest BCUT2D eigenvalue weighted by molar-refractivity contribution is 5.47. The summed E-state index contributed by atoms with van der Waals surface area (Å²) in [5.41, 5.74) is 2.15. The molecule has 0 aromatic carbocycles. The molecule has 2 heterocycles. The van der Waals surface area contributed by atoms with Gasteiger partial charge in [-0.25, -0.2) is 0 Å². The molecule has 0 aliphatic carbocycles. The van der Waals surface area contributed by atoms with Crippen molar-refractivity contribution in [3.63, 3.8) is 0 Å². The minimum atomic E-state index is -0.336. The van der Waals surface area contributed by atoms with Crippen molar-refractivity contribution in [2.75, 3.05) is 6.61 Å². The van der Waals surface area contributed by atoms with E-state index in [1.807, 2.05) is 6.92 Å². The summed E-state index contributed by atoms with van der Waals surface area (Å²) in [5, 5.41) is 14.4. The van der Waals surface area contributed by atoms with Gasteiger partial charge in [0.2, 0.25) is 0 Å². The average Bonchev–Trinajstić information content (AvgIpc) is 2.73. The van der Waals surface area contributed by atoms with E-state index in [1.165, 1.54) is 0 Å². The minimum absolute atomic E-state index is 0.169. The van der Waals surface area contributed by atoms with Gasteiger partial charge in [0.1, 0.15) is 0 Å². The molecule has 1 fully saturated rings. The van der Waals surface area contributed by atoms with Crippen molar-refractivity contribution in [1.82, 2.24) is 10.3 Å². The van der Waals surface area contributed by atoms with Crippen LogP contribution in [0.5, 0.6) is 0 Å². The van der Waals surface area contributed by atoms with Gasteiger partial charge in [-0.2, -0.15) is 0 Å². The third-order valence-corrected chi connectivity index (χ3v) is 3.67. The molecule has 6 nitrogen and oxygen atoms in total. The van der Waals surface area contributed by atoms with Gasteiger partial charge in [-0.05, 0) is 27.2 Å². The van der Waals surface area contributed by atoms with E-state index in [4.69, 9.17) is 4.74 Å². The lowest BCUT2D eigenvalue weighted by Gasteiger charge is -2.16. The Bertz CT molecular complexity index is 490. The first-order chi connectivity index (χ1) is 9.00. The number of ether oxygens (including phenoxy) is 1. The molecule has 0 saturated carbocycles. The average molecular weight is 265 g/mol. The van der Waals surface area contributed by atoms with Gasteiger partial charge < -0.3 is 10.1 Å². The standard InChI is InChI=1S/C13H19N3O3/c1-8-6-14-12(9(2)13(8)16(17)18)7-15-11-4-5-19-10(11)3/h6,10-11,15H,4-5,7H2,1-3H3. The summed E-state index contributed by atoms with van der Waals surface area (Å²) in [4.78, 5) is 15.0. The first-order valence-corrected chi connectivity index (χ1v) is 6.45. The fraction of sp³-hybridized carbons (Fsp3) is 0.615. The number of nitrogens with one attached hydrogen (secondary N) is 1. The van der Waals surface area contributed by atoms with Crippen molar-refractivity contribution >= 4 is 5.69 Å². The van der Waals surface area contributed by atoms with Crippen LogP contribution in [-0.2, 0) is 11.3 Å². The van der Waals surface area contributed by atoms with Crippen LogP contribution in [0.25, 0.3) is 0 Å². The summed E-state index contributed by atoms with van der Waals surface area (Å²) in [6, 6.07) is 0.293. The number of nitro groups is 1. The van der Waals surface area contributed by atoms with E-state index in [-0.39, 0.29) is 16.7 Å².